The first kappa shape index (κ1) is 28.8. The maximum Gasteiger partial charge on any atom is 0.150 e. The molecule has 3 fully saturated rings. The molecule has 2 bridgehead atoms. The van der Waals surface area contributed by atoms with E-state index in [9.17, 15) is 0 Å². The lowest BCUT2D eigenvalue weighted by atomic mass is 10.0. The molecule has 4 aliphatic rings. The number of hydrazine groups is 1. The minimum atomic E-state index is -0.00807. The molecular formula is C31H45N9O. The van der Waals surface area contributed by atoms with Gasteiger partial charge in [0.25, 0.3) is 0 Å². The highest BCUT2D eigenvalue weighted by Gasteiger charge is 2.44. The summed E-state index contributed by atoms with van der Waals surface area (Å²) in [5.41, 5.74) is 13.2. The van der Waals surface area contributed by atoms with Crippen LogP contribution in [-0.4, -0.2) is 59.2 Å². The van der Waals surface area contributed by atoms with Crippen LogP contribution in [0.5, 0.6) is 0 Å². The number of amidine groups is 1. The van der Waals surface area contributed by atoms with E-state index in [-0.39, 0.29) is 6.10 Å². The van der Waals surface area contributed by atoms with Gasteiger partial charge in [-0.2, -0.15) is 0 Å². The smallest absolute Gasteiger partial charge is 0.150 e. The zero-order valence-electron chi connectivity index (χ0n) is 24.4. The van der Waals surface area contributed by atoms with Gasteiger partial charge in [0, 0.05) is 55.8 Å². The molecule has 1 aromatic carbocycles. The standard InChI is InChI=1S/C31H45N9O/c1-20(2)28-14-27(41-38-28)16-34-22(4)36-31(15-30(32)35-21(3)12-29(37-33)24-10-11-24)40-19-25-13-26(40)18-39(25)17-23-8-6-5-7-9-23/h5-9,12,15,20,24-27,34,36-37H,3-4,10-11,13-14,16-19,33H2,1-2H3,(H2,32,35)/b29-12-,31-15?/t25-,26-,27?/m1/s1. The van der Waals surface area contributed by atoms with Crippen molar-refractivity contribution < 1.29 is 4.84 Å². The van der Waals surface area contributed by atoms with Crippen LogP contribution in [-0.2, 0) is 11.4 Å². The molecular weight excluding hydrogens is 514 g/mol. The van der Waals surface area contributed by atoms with Gasteiger partial charge in [0.1, 0.15) is 17.8 Å². The van der Waals surface area contributed by atoms with Gasteiger partial charge in [-0.25, -0.2) is 4.99 Å². The van der Waals surface area contributed by atoms with Crippen molar-refractivity contribution in [2.45, 2.75) is 64.3 Å². The van der Waals surface area contributed by atoms with Gasteiger partial charge in [-0.05, 0) is 36.8 Å². The average molecular weight is 560 g/mol. The summed E-state index contributed by atoms with van der Waals surface area (Å²) >= 11 is 0. The van der Waals surface area contributed by atoms with Crippen LogP contribution in [0.3, 0.4) is 0 Å². The minimum Gasteiger partial charge on any atom is -0.390 e. The predicted molar refractivity (Wildman–Crippen MR) is 165 cm³/mol. The van der Waals surface area contributed by atoms with E-state index in [0.717, 1.165) is 62.5 Å². The Morgan fingerprint density at radius 2 is 1.95 bits per heavy atom. The van der Waals surface area contributed by atoms with Crippen molar-refractivity contribution in [3.8, 4) is 0 Å². The van der Waals surface area contributed by atoms with E-state index >= 15 is 0 Å². The van der Waals surface area contributed by atoms with Crippen LogP contribution in [0.25, 0.3) is 0 Å². The molecule has 1 aliphatic carbocycles. The van der Waals surface area contributed by atoms with E-state index in [1.807, 2.05) is 12.2 Å². The molecule has 7 N–H and O–H groups in total. The molecule has 3 aliphatic heterocycles. The molecule has 1 saturated carbocycles. The number of aliphatic imine (C=N–C) groups is 1. The maximum atomic E-state index is 6.44. The lowest BCUT2D eigenvalue weighted by Crippen LogP contribution is -2.48. The number of nitrogens with two attached hydrogens (primary N) is 2. The topological polar surface area (TPSA) is 129 Å². The number of rotatable bonds is 14. The molecule has 0 radical (unpaired) electrons. The molecule has 10 nitrogen and oxygen atoms in total. The fraction of sp³-hybridized carbons (Fsp3) is 0.484. The Kier molecular flexibility index (Phi) is 8.99. The third kappa shape index (κ3) is 7.51. The first-order chi connectivity index (χ1) is 19.8. The summed E-state index contributed by atoms with van der Waals surface area (Å²) in [5.74, 6) is 8.46. The van der Waals surface area contributed by atoms with Gasteiger partial charge in [-0.3, -0.25) is 10.7 Å². The molecule has 2 saturated heterocycles. The van der Waals surface area contributed by atoms with Crippen molar-refractivity contribution in [3.63, 3.8) is 0 Å². The number of fused-ring (bicyclic) bond motifs is 2. The van der Waals surface area contributed by atoms with Crippen LogP contribution >= 0.6 is 0 Å². The molecule has 0 amide bonds. The van der Waals surface area contributed by atoms with Crippen molar-refractivity contribution in [1.29, 1.82) is 0 Å². The largest absolute Gasteiger partial charge is 0.390 e. The first-order valence-electron chi connectivity index (χ1n) is 14.7. The van der Waals surface area contributed by atoms with Crippen LogP contribution in [0, 0.1) is 11.8 Å². The summed E-state index contributed by atoms with van der Waals surface area (Å²) in [6.07, 6.45) is 7.93. The highest BCUT2D eigenvalue weighted by atomic mass is 16.6. The Balaban J connectivity index is 1.25. The molecule has 1 unspecified atom stereocenters. The van der Waals surface area contributed by atoms with Gasteiger partial charge < -0.3 is 31.5 Å². The van der Waals surface area contributed by atoms with Crippen LogP contribution in [0.2, 0.25) is 0 Å². The van der Waals surface area contributed by atoms with Gasteiger partial charge in [0.2, 0.25) is 0 Å². The van der Waals surface area contributed by atoms with Crippen molar-refractivity contribution in [1.82, 2.24) is 25.9 Å². The Morgan fingerprint density at radius 3 is 2.59 bits per heavy atom. The molecule has 0 spiro atoms. The van der Waals surface area contributed by atoms with Crippen LogP contribution in [0.1, 0.15) is 45.1 Å². The summed E-state index contributed by atoms with van der Waals surface area (Å²) in [6.45, 7) is 16.0. The summed E-state index contributed by atoms with van der Waals surface area (Å²) in [7, 11) is 0. The van der Waals surface area contributed by atoms with Gasteiger partial charge in [-0.1, -0.05) is 62.5 Å². The summed E-state index contributed by atoms with van der Waals surface area (Å²) in [6, 6.07) is 11.5. The predicted octanol–water partition coefficient (Wildman–Crippen LogP) is 2.87. The van der Waals surface area contributed by atoms with Crippen molar-refractivity contribution >= 4 is 11.5 Å². The van der Waals surface area contributed by atoms with E-state index in [2.05, 4.69) is 93.3 Å². The van der Waals surface area contributed by atoms with E-state index in [1.165, 1.54) is 5.56 Å². The molecule has 0 aromatic heterocycles. The SMILES string of the molecule is C=C(/C=C(\NN)C1CC1)N=C(N)C=C(NC(=C)NCC1CC(C(C)C)=NO1)N1C[C@H]2C[C@@H]1CN2Cc1ccccc1. The first-order valence-corrected chi connectivity index (χ1v) is 14.7. The van der Waals surface area contributed by atoms with E-state index in [1.54, 1.807) is 0 Å². The van der Waals surface area contributed by atoms with Crippen LogP contribution in [0.4, 0.5) is 0 Å². The van der Waals surface area contributed by atoms with E-state index in [4.69, 9.17) is 16.4 Å². The second-order valence-electron chi connectivity index (χ2n) is 11.8. The lowest BCUT2D eigenvalue weighted by Gasteiger charge is -2.37. The van der Waals surface area contributed by atoms with Crippen LogP contribution < -0.4 is 27.6 Å². The number of oxime groups is 1. The second kappa shape index (κ2) is 12.8. The van der Waals surface area contributed by atoms with Crippen LogP contribution in [0.15, 0.2) is 88.8 Å². The van der Waals surface area contributed by atoms with Crippen molar-refractivity contribution in [2.75, 3.05) is 19.6 Å². The zero-order chi connectivity index (χ0) is 28.9. The molecule has 41 heavy (non-hydrogen) atoms. The fourth-order valence-corrected chi connectivity index (χ4v) is 5.80. The zero-order valence-corrected chi connectivity index (χ0v) is 24.4. The summed E-state index contributed by atoms with van der Waals surface area (Å²) in [4.78, 5) is 15.1. The third-order valence-corrected chi connectivity index (χ3v) is 8.20. The monoisotopic (exact) mass is 559 g/mol. The van der Waals surface area contributed by atoms with Gasteiger partial charge in [0.15, 0.2) is 0 Å². The number of piperazine rings is 1. The summed E-state index contributed by atoms with van der Waals surface area (Å²) in [5, 5.41) is 11.1. The number of nitrogens with zero attached hydrogens (tertiary/aromatic N) is 4. The van der Waals surface area contributed by atoms with E-state index in [0.29, 0.717) is 47.8 Å². The Labute approximate surface area is 243 Å². The molecule has 3 atom stereocenters. The molecule has 1 aromatic rings. The number of allylic oxidation sites excluding steroid dienone is 2. The second-order valence-corrected chi connectivity index (χ2v) is 11.8. The number of benzene rings is 1. The maximum absolute atomic E-state index is 6.44. The van der Waals surface area contributed by atoms with Gasteiger partial charge in [0.05, 0.1) is 23.8 Å². The number of likely N-dealkylation sites (tertiary alicyclic amines) is 2. The van der Waals surface area contributed by atoms with Crippen molar-refractivity contribution in [3.05, 3.63) is 84.2 Å². The number of nitrogens with one attached hydrogen (secondary N) is 3. The molecule has 10 heteroatoms. The summed E-state index contributed by atoms with van der Waals surface area (Å²) < 4.78 is 0. The molecule has 3 heterocycles. The minimum absolute atomic E-state index is 0.00807. The quantitative estimate of drug-likeness (QED) is 0.0774. The Hall–Kier alpha value is -3.76. The van der Waals surface area contributed by atoms with Gasteiger partial charge >= 0.3 is 0 Å². The lowest BCUT2D eigenvalue weighted by molar-refractivity contribution is 0.0864. The highest BCUT2D eigenvalue weighted by Crippen LogP contribution is 2.35. The molecule has 5 rings (SSSR count). The molecule has 220 valence electrons. The fourth-order valence-electron chi connectivity index (χ4n) is 5.80. The Morgan fingerprint density at radius 1 is 1.17 bits per heavy atom. The highest BCUT2D eigenvalue weighted by molar-refractivity contribution is 5.92. The van der Waals surface area contributed by atoms with Gasteiger partial charge in [-0.15, -0.1) is 0 Å². The number of hydrogen-bond donors (Lipinski definition) is 5. The number of hydrogen-bond acceptors (Lipinski definition) is 9. The average Bonchev–Trinajstić information content (AvgIpc) is 3.35. The van der Waals surface area contributed by atoms with Crippen molar-refractivity contribution in [2.24, 2.45) is 33.6 Å². The Bertz CT molecular complexity index is 1230. The normalized spacial score (nSPS) is 24.9. The van der Waals surface area contributed by atoms with E-state index < -0.39 is 0 Å². The third-order valence-electron chi connectivity index (χ3n) is 8.20.